The fourth-order valence-electron chi connectivity index (χ4n) is 3.02. The van der Waals surface area contributed by atoms with Gasteiger partial charge in [0, 0.05) is 17.7 Å². The molecular formula is C19H12Cl2F2N2O5. The molecule has 1 unspecified atom stereocenters. The van der Waals surface area contributed by atoms with E-state index in [0.717, 1.165) is 12.1 Å². The van der Waals surface area contributed by atoms with Gasteiger partial charge in [0.1, 0.15) is 17.4 Å². The molecule has 0 radical (unpaired) electrons. The number of anilines is 2. The first-order valence-electron chi connectivity index (χ1n) is 8.31. The average Bonchev–Trinajstić information content (AvgIpc) is 3.04. The minimum absolute atomic E-state index is 0.0342. The quantitative estimate of drug-likeness (QED) is 0.600. The summed E-state index contributed by atoms with van der Waals surface area (Å²) >= 11 is 11.0. The molecule has 30 heavy (non-hydrogen) atoms. The first-order valence-corrected chi connectivity index (χ1v) is 9.07. The summed E-state index contributed by atoms with van der Waals surface area (Å²) in [6, 6.07) is 4.35. The number of aliphatic hydroxyl groups is 1. The minimum Gasteiger partial charge on any atom is -0.375 e. The summed E-state index contributed by atoms with van der Waals surface area (Å²) < 4.78 is 26.2. The van der Waals surface area contributed by atoms with Gasteiger partial charge in [-0.05, 0) is 31.2 Å². The predicted molar refractivity (Wildman–Crippen MR) is 104 cm³/mol. The van der Waals surface area contributed by atoms with Crippen LogP contribution in [0.3, 0.4) is 0 Å². The molecule has 0 saturated heterocycles. The van der Waals surface area contributed by atoms with Gasteiger partial charge in [-0.3, -0.25) is 19.2 Å². The van der Waals surface area contributed by atoms with E-state index >= 15 is 0 Å². The van der Waals surface area contributed by atoms with Crippen molar-refractivity contribution >= 4 is 58.0 Å². The highest BCUT2D eigenvalue weighted by Crippen LogP contribution is 2.40. The summed E-state index contributed by atoms with van der Waals surface area (Å²) in [6.07, 6.45) is -0.396. The third-order valence-corrected chi connectivity index (χ3v) is 4.97. The highest BCUT2D eigenvalue weighted by Gasteiger charge is 2.46. The minimum atomic E-state index is -2.01. The van der Waals surface area contributed by atoms with Gasteiger partial charge in [0.25, 0.3) is 17.6 Å². The summed E-state index contributed by atoms with van der Waals surface area (Å²) in [4.78, 5) is 44.6. The van der Waals surface area contributed by atoms with Crippen molar-refractivity contribution in [2.75, 3.05) is 10.6 Å². The summed E-state index contributed by atoms with van der Waals surface area (Å²) in [6.45, 7) is 1.25. The third-order valence-electron chi connectivity index (χ3n) is 4.39. The molecule has 4 rings (SSSR count). The first-order chi connectivity index (χ1) is 13.9. The molecular weight excluding hydrogens is 445 g/mol. The number of hydrogen-bond donors (Lipinski definition) is 3. The van der Waals surface area contributed by atoms with E-state index in [-0.39, 0.29) is 38.3 Å². The summed E-state index contributed by atoms with van der Waals surface area (Å²) in [5.41, 5.74) is -1.44. The molecule has 2 aromatic carbocycles. The van der Waals surface area contributed by atoms with E-state index in [9.17, 15) is 33.1 Å². The van der Waals surface area contributed by atoms with Crippen molar-refractivity contribution in [1.82, 2.24) is 0 Å². The van der Waals surface area contributed by atoms with Crippen LogP contribution < -0.4 is 10.6 Å². The van der Waals surface area contributed by atoms with Crippen LogP contribution in [0.5, 0.6) is 0 Å². The van der Waals surface area contributed by atoms with Gasteiger partial charge in [-0.1, -0.05) is 23.2 Å². The molecule has 2 amide bonds. The average molecular weight is 457 g/mol. The largest absolute Gasteiger partial charge is 0.375 e. The Labute approximate surface area is 178 Å². The molecule has 0 aliphatic carbocycles. The van der Waals surface area contributed by atoms with Crippen LogP contribution in [0.4, 0.5) is 20.2 Å². The number of Topliss-reactive ketones (excluding diaryl/α,β-unsaturated/α-hetero) is 2. The van der Waals surface area contributed by atoms with Crippen LogP contribution in [0, 0.1) is 11.6 Å². The summed E-state index contributed by atoms with van der Waals surface area (Å²) in [5, 5.41) is 14.5. The van der Waals surface area contributed by atoms with E-state index in [4.69, 9.17) is 23.2 Å². The lowest BCUT2D eigenvalue weighted by Crippen LogP contribution is -2.36. The van der Waals surface area contributed by atoms with E-state index in [2.05, 4.69) is 10.6 Å². The molecule has 0 fully saturated rings. The van der Waals surface area contributed by atoms with Crippen LogP contribution >= 0.6 is 23.2 Å². The van der Waals surface area contributed by atoms with Gasteiger partial charge in [-0.2, -0.15) is 0 Å². The van der Waals surface area contributed by atoms with Crippen molar-refractivity contribution in [3.63, 3.8) is 0 Å². The smallest absolute Gasteiger partial charge is 0.296 e. The second-order valence-corrected chi connectivity index (χ2v) is 7.41. The summed E-state index contributed by atoms with van der Waals surface area (Å²) in [5.74, 6) is -4.05. The van der Waals surface area contributed by atoms with Gasteiger partial charge in [0.2, 0.25) is 0 Å². The number of ketones is 2. The lowest BCUT2D eigenvalue weighted by atomic mass is 9.90. The van der Waals surface area contributed by atoms with E-state index in [1.807, 2.05) is 0 Å². The van der Waals surface area contributed by atoms with Gasteiger partial charge >= 0.3 is 0 Å². The maximum atomic E-state index is 13.3. The number of nitrogens with one attached hydrogen (secondary N) is 2. The van der Waals surface area contributed by atoms with Crippen LogP contribution in [0.1, 0.15) is 29.3 Å². The number of halogens is 4. The number of hydrogen-bond acceptors (Lipinski definition) is 5. The van der Waals surface area contributed by atoms with Crippen LogP contribution in [0.25, 0.3) is 0 Å². The molecule has 0 spiro atoms. The third kappa shape index (κ3) is 3.79. The van der Waals surface area contributed by atoms with E-state index in [1.54, 1.807) is 0 Å². The number of benzene rings is 2. The Morgan fingerprint density at radius 2 is 1.57 bits per heavy atom. The van der Waals surface area contributed by atoms with Crippen molar-refractivity contribution in [2.24, 2.45) is 0 Å². The molecule has 2 aromatic rings. The van der Waals surface area contributed by atoms with E-state index < -0.39 is 41.3 Å². The summed E-state index contributed by atoms with van der Waals surface area (Å²) in [7, 11) is 0. The van der Waals surface area contributed by atoms with Crippen molar-refractivity contribution in [2.45, 2.75) is 18.9 Å². The number of carbonyl (C=O) groups excluding carboxylic acids is 4. The monoisotopic (exact) mass is 456 g/mol. The van der Waals surface area contributed by atoms with Gasteiger partial charge < -0.3 is 15.7 Å². The predicted octanol–water partition coefficient (Wildman–Crippen LogP) is 3.21. The zero-order valence-corrected chi connectivity index (χ0v) is 16.6. The second-order valence-electron chi connectivity index (χ2n) is 6.60. The number of rotatable bonds is 2. The molecule has 2 aliphatic heterocycles. The SMILES string of the molecule is CC(=O)CC1(O)C(=O)Nc2cc(Cl)c(F)cc21.O=C1Nc2cc(Cl)c(F)cc2C1=O. The lowest BCUT2D eigenvalue weighted by Gasteiger charge is -2.19. The van der Waals surface area contributed by atoms with Gasteiger partial charge in [0.15, 0.2) is 5.60 Å². The van der Waals surface area contributed by atoms with Crippen LogP contribution in [0.2, 0.25) is 10.0 Å². The Morgan fingerprint density at radius 3 is 2.17 bits per heavy atom. The molecule has 11 heteroatoms. The molecule has 0 saturated carbocycles. The molecule has 3 N–H and O–H groups in total. The van der Waals surface area contributed by atoms with E-state index in [1.165, 1.54) is 19.1 Å². The zero-order chi connectivity index (χ0) is 22.4. The Hall–Kier alpha value is -2.88. The highest BCUT2D eigenvalue weighted by molar-refractivity contribution is 6.52. The molecule has 7 nitrogen and oxygen atoms in total. The Morgan fingerprint density at radius 1 is 1.00 bits per heavy atom. The van der Waals surface area contributed by atoms with Crippen molar-refractivity contribution in [3.05, 3.63) is 57.1 Å². The molecule has 156 valence electrons. The molecule has 0 aromatic heterocycles. The first kappa shape index (κ1) is 21.8. The molecule has 2 aliphatic rings. The van der Waals surface area contributed by atoms with Crippen LogP contribution in [-0.2, 0) is 20.0 Å². The Bertz CT molecular complexity index is 1140. The number of fused-ring (bicyclic) bond motifs is 2. The van der Waals surface area contributed by atoms with Gasteiger partial charge in [0.05, 0.1) is 21.3 Å². The fourth-order valence-corrected chi connectivity index (χ4v) is 3.34. The highest BCUT2D eigenvalue weighted by atomic mass is 35.5. The van der Waals surface area contributed by atoms with Crippen LogP contribution in [0.15, 0.2) is 24.3 Å². The van der Waals surface area contributed by atoms with Crippen molar-refractivity contribution in [1.29, 1.82) is 0 Å². The maximum Gasteiger partial charge on any atom is 0.296 e. The second kappa shape index (κ2) is 7.75. The normalized spacial score (nSPS) is 18.8. The topological polar surface area (TPSA) is 113 Å². The van der Waals surface area contributed by atoms with Crippen molar-refractivity contribution < 1.29 is 33.1 Å². The Balaban J connectivity index is 0.000000177. The molecule has 0 bridgehead atoms. The van der Waals surface area contributed by atoms with E-state index in [0.29, 0.717) is 0 Å². The van der Waals surface area contributed by atoms with Gasteiger partial charge in [-0.15, -0.1) is 0 Å². The lowest BCUT2D eigenvalue weighted by molar-refractivity contribution is -0.139. The fraction of sp³-hybridized carbons (Fsp3) is 0.158. The zero-order valence-electron chi connectivity index (χ0n) is 15.1. The molecule has 2 heterocycles. The standard InChI is InChI=1S/C11H9ClFNO3.C8H3ClFNO2/c1-5(15)4-11(17)6-2-8(13)7(12)3-9(6)14-10(11)16;9-4-2-6-3(1-5(4)10)7(12)8(13)11-6/h2-3,17H,4H2,1H3,(H,14,16);1-2H,(H,11,12,13). The molecule has 1 atom stereocenters. The maximum absolute atomic E-state index is 13.3. The Kier molecular flexibility index (Phi) is 5.64. The van der Waals surface area contributed by atoms with Crippen molar-refractivity contribution in [3.8, 4) is 0 Å². The van der Waals surface area contributed by atoms with Gasteiger partial charge in [-0.25, -0.2) is 8.78 Å². The van der Waals surface area contributed by atoms with Crippen LogP contribution in [-0.4, -0.2) is 28.5 Å². The number of carbonyl (C=O) groups is 4. The number of amides is 2.